The highest BCUT2D eigenvalue weighted by Crippen LogP contribution is 2.07. The van der Waals surface area contributed by atoms with Crippen molar-refractivity contribution in [2.24, 2.45) is 5.10 Å². The number of benzene rings is 1. The number of unbranched alkanes of at least 4 members (excludes halogenated alkanes) is 1. The standard InChI is InChI=1S/C18H27N3O3/c1-5-6-12-15(20-17(23)24-18(2,3)4)13-19-21-16(22)14-10-8-7-9-11-14/h7-11,13,15H,5-6,12H2,1-4H3,(H,20,23)(H,21,22)/b19-13+/t15-/m0/s1. The molecule has 0 heterocycles. The van der Waals surface area contributed by atoms with E-state index in [2.05, 4.69) is 22.8 Å². The predicted octanol–water partition coefficient (Wildman–Crippen LogP) is 3.49. The van der Waals surface area contributed by atoms with Crippen molar-refractivity contribution in [2.45, 2.75) is 58.6 Å². The molecular weight excluding hydrogens is 306 g/mol. The van der Waals surface area contributed by atoms with E-state index in [1.165, 1.54) is 6.21 Å². The normalized spacial score (nSPS) is 12.7. The molecule has 0 aliphatic rings. The van der Waals surface area contributed by atoms with Crippen LogP contribution in [0.15, 0.2) is 35.4 Å². The van der Waals surface area contributed by atoms with E-state index in [0.29, 0.717) is 5.56 Å². The SMILES string of the molecule is CCCC[C@@H](/C=N/NC(=O)c1ccccc1)NC(=O)OC(C)(C)C. The monoisotopic (exact) mass is 333 g/mol. The van der Waals surface area contributed by atoms with E-state index in [1.54, 1.807) is 24.3 Å². The van der Waals surface area contributed by atoms with Crippen LogP contribution in [0.1, 0.15) is 57.3 Å². The summed E-state index contributed by atoms with van der Waals surface area (Å²) in [5.74, 6) is -0.293. The maximum absolute atomic E-state index is 11.9. The Bertz CT molecular complexity index is 550. The fourth-order valence-electron chi connectivity index (χ4n) is 1.91. The third-order valence-electron chi connectivity index (χ3n) is 3.03. The van der Waals surface area contributed by atoms with Crippen LogP contribution in [0.25, 0.3) is 0 Å². The molecule has 0 saturated heterocycles. The van der Waals surface area contributed by atoms with E-state index in [0.717, 1.165) is 19.3 Å². The van der Waals surface area contributed by atoms with Gasteiger partial charge in [0, 0.05) is 11.8 Å². The number of alkyl carbamates (subject to hydrolysis) is 1. The number of hydrazone groups is 1. The van der Waals surface area contributed by atoms with Gasteiger partial charge in [-0.25, -0.2) is 10.2 Å². The summed E-state index contributed by atoms with van der Waals surface area (Å²) in [5.41, 5.74) is 2.44. The second kappa shape index (κ2) is 9.70. The van der Waals surface area contributed by atoms with Crippen molar-refractivity contribution >= 4 is 18.2 Å². The van der Waals surface area contributed by atoms with Crippen molar-refractivity contribution in [3.63, 3.8) is 0 Å². The van der Waals surface area contributed by atoms with Gasteiger partial charge in [0.2, 0.25) is 0 Å². The van der Waals surface area contributed by atoms with Gasteiger partial charge in [0.15, 0.2) is 0 Å². The summed E-state index contributed by atoms with van der Waals surface area (Å²) in [6.07, 6.45) is 3.68. The smallest absolute Gasteiger partial charge is 0.408 e. The van der Waals surface area contributed by atoms with E-state index in [4.69, 9.17) is 4.74 Å². The second-order valence-electron chi connectivity index (χ2n) is 6.48. The minimum Gasteiger partial charge on any atom is -0.444 e. The van der Waals surface area contributed by atoms with Crippen LogP contribution in [0.2, 0.25) is 0 Å². The Morgan fingerprint density at radius 2 is 1.92 bits per heavy atom. The summed E-state index contributed by atoms with van der Waals surface area (Å²) in [6, 6.07) is 8.53. The van der Waals surface area contributed by atoms with Gasteiger partial charge in [-0.2, -0.15) is 5.10 Å². The molecule has 0 radical (unpaired) electrons. The minimum atomic E-state index is -0.557. The largest absolute Gasteiger partial charge is 0.444 e. The van der Waals surface area contributed by atoms with Crippen molar-refractivity contribution in [3.05, 3.63) is 35.9 Å². The Labute approximate surface area is 143 Å². The Morgan fingerprint density at radius 3 is 2.50 bits per heavy atom. The summed E-state index contributed by atoms with van der Waals surface area (Å²) in [4.78, 5) is 23.8. The first kappa shape index (κ1) is 19.7. The lowest BCUT2D eigenvalue weighted by molar-refractivity contribution is 0.0517. The van der Waals surface area contributed by atoms with Gasteiger partial charge in [-0.15, -0.1) is 0 Å². The summed E-state index contributed by atoms with van der Waals surface area (Å²) in [6.45, 7) is 7.49. The number of nitrogens with zero attached hydrogens (tertiary/aromatic N) is 1. The van der Waals surface area contributed by atoms with E-state index in [-0.39, 0.29) is 11.9 Å². The van der Waals surface area contributed by atoms with Crippen molar-refractivity contribution < 1.29 is 14.3 Å². The molecule has 0 bridgehead atoms. The molecule has 1 atom stereocenters. The van der Waals surface area contributed by atoms with Gasteiger partial charge in [0.25, 0.3) is 5.91 Å². The van der Waals surface area contributed by atoms with E-state index >= 15 is 0 Å². The van der Waals surface area contributed by atoms with Gasteiger partial charge < -0.3 is 10.1 Å². The molecule has 0 spiro atoms. The summed E-state index contributed by atoms with van der Waals surface area (Å²) in [7, 11) is 0. The molecule has 1 aromatic carbocycles. The maximum Gasteiger partial charge on any atom is 0.408 e. The van der Waals surface area contributed by atoms with E-state index in [9.17, 15) is 9.59 Å². The highest BCUT2D eigenvalue weighted by molar-refractivity contribution is 5.94. The molecule has 2 N–H and O–H groups in total. The Hall–Kier alpha value is -2.37. The van der Waals surface area contributed by atoms with Gasteiger partial charge >= 0.3 is 6.09 Å². The zero-order chi connectivity index (χ0) is 18.0. The molecular formula is C18H27N3O3. The number of amides is 2. The van der Waals surface area contributed by atoms with Crippen LogP contribution in [-0.4, -0.2) is 29.9 Å². The number of rotatable bonds is 7. The van der Waals surface area contributed by atoms with Crippen LogP contribution >= 0.6 is 0 Å². The molecule has 0 fully saturated rings. The zero-order valence-electron chi connectivity index (χ0n) is 14.8. The van der Waals surface area contributed by atoms with Crippen molar-refractivity contribution in [1.29, 1.82) is 0 Å². The van der Waals surface area contributed by atoms with Crippen molar-refractivity contribution in [2.75, 3.05) is 0 Å². The lowest BCUT2D eigenvalue weighted by atomic mass is 10.1. The molecule has 0 aromatic heterocycles. The Kier molecular flexibility index (Phi) is 7.95. The summed E-state index contributed by atoms with van der Waals surface area (Å²) < 4.78 is 5.25. The molecule has 24 heavy (non-hydrogen) atoms. The van der Waals surface area contributed by atoms with Gasteiger partial charge in [0.05, 0.1) is 6.04 Å². The van der Waals surface area contributed by atoms with Crippen LogP contribution in [-0.2, 0) is 4.74 Å². The first-order valence-corrected chi connectivity index (χ1v) is 8.20. The molecule has 0 aliphatic heterocycles. The lowest BCUT2D eigenvalue weighted by Gasteiger charge is -2.22. The fourth-order valence-corrected chi connectivity index (χ4v) is 1.91. The molecule has 2 amide bonds. The van der Waals surface area contributed by atoms with Crippen LogP contribution in [0, 0.1) is 0 Å². The number of carbonyl (C=O) groups is 2. The predicted molar refractivity (Wildman–Crippen MR) is 95.1 cm³/mol. The molecule has 0 saturated carbocycles. The van der Waals surface area contributed by atoms with Gasteiger partial charge in [-0.3, -0.25) is 4.79 Å². The number of carbonyl (C=O) groups excluding carboxylic acids is 2. The molecule has 132 valence electrons. The topological polar surface area (TPSA) is 79.8 Å². The first-order chi connectivity index (χ1) is 11.3. The molecule has 0 unspecified atom stereocenters. The average Bonchev–Trinajstić information content (AvgIpc) is 2.51. The minimum absolute atomic E-state index is 0.293. The van der Waals surface area contributed by atoms with Crippen molar-refractivity contribution in [3.8, 4) is 0 Å². The van der Waals surface area contributed by atoms with Crippen LogP contribution in [0.5, 0.6) is 0 Å². The van der Waals surface area contributed by atoms with Crippen LogP contribution in [0.4, 0.5) is 4.79 Å². The average molecular weight is 333 g/mol. The number of nitrogens with one attached hydrogen (secondary N) is 2. The third kappa shape index (κ3) is 8.31. The van der Waals surface area contributed by atoms with E-state index in [1.807, 2.05) is 26.8 Å². The van der Waals surface area contributed by atoms with Crippen molar-refractivity contribution in [1.82, 2.24) is 10.7 Å². The third-order valence-corrected chi connectivity index (χ3v) is 3.03. The molecule has 6 nitrogen and oxygen atoms in total. The highest BCUT2D eigenvalue weighted by Gasteiger charge is 2.18. The summed E-state index contributed by atoms with van der Waals surface area (Å²) in [5, 5.41) is 6.72. The van der Waals surface area contributed by atoms with Gasteiger partial charge in [-0.1, -0.05) is 38.0 Å². The zero-order valence-corrected chi connectivity index (χ0v) is 14.8. The van der Waals surface area contributed by atoms with Crippen LogP contribution < -0.4 is 10.7 Å². The molecule has 6 heteroatoms. The van der Waals surface area contributed by atoms with Gasteiger partial charge in [-0.05, 0) is 39.3 Å². The highest BCUT2D eigenvalue weighted by atomic mass is 16.6. The lowest BCUT2D eigenvalue weighted by Crippen LogP contribution is -2.40. The number of hydrogen-bond donors (Lipinski definition) is 2. The van der Waals surface area contributed by atoms with Crippen LogP contribution in [0.3, 0.4) is 0 Å². The quantitative estimate of drug-likeness (QED) is 0.592. The first-order valence-electron chi connectivity index (χ1n) is 8.20. The Balaban J connectivity index is 2.58. The maximum atomic E-state index is 11.9. The second-order valence-corrected chi connectivity index (χ2v) is 6.48. The summed E-state index contributed by atoms with van der Waals surface area (Å²) >= 11 is 0. The molecule has 1 rings (SSSR count). The Morgan fingerprint density at radius 1 is 1.25 bits per heavy atom. The fraction of sp³-hybridized carbons (Fsp3) is 0.500. The molecule has 1 aromatic rings. The number of ether oxygens (including phenoxy) is 1. The number of hydrogen-bond acceptors (Lipinski definition) is 4. The van der Waals surface area contributed by atoms with Gasteiger partial charge in [0.1, 0.15) is 5.60 Å². The van der Waals surface area contributed by atoms with E-state index < -0.39 is 11.7 Å². The molecule has 0 aliphatic carbocycles.